The number of unbranched alkanes of at least 4 members (excludes halogenated alkanes) is 16. The van der Waals surface area contributed by atoms with Crippen LogP contribution in [0.2, 0.25) is 0 Å². The van der Waals surface area contributed by atoms with Crippen molar-refractivity contribution in [2.24, 2.45) is 0 Å². The third kappa shape index (κ3) is 30.7. The normalized spacial score (nSPS) is 14.7. The van der Waals surface area contributed by atoms with Crippen molar-refractivity contribution in [3.05, 3.63) is 48.6 Å². The number of aliphatic hydroxyl groups excluding tert-OH is 2. The van der Waals surface area contributed by atoms with E-state index in [1.54, 1.807) is 6.08 Å². The molecule has 1 amide bonds. The van der Waals surface area contributed by atoms with E-state index in [0.29, 0.717) is 12.8 Å². The molecule has 262 valence electrons. The third-order valence-electron chi connectivity index (χ3n) is 7.82. The third-order valence-corrected chi connectivity index (χ3v) is 8.60. The molecule has 0 aromatic heterocycles. The Hall–Kier alpha value is -1.74. The first-order valence-corrected chi connectivity index (χ1v) is 19.6. The topological polar surface area (TPSA) is 124 Å². The van der Waals surface area contributed by atoms with Gasteiger partial charge in [0, 0.05) is 0 Å². The molecule has 0 radical (unpaired) electrons. The van der Waals surface area contributed by atoms with Gasteiger partial charge in [0.1, 0.15) is 6.10 Å². The summed E-state index contributed by atoms with van der Waals surface area (Å²) in [5.41, 5.74) is 0. The number of hydrogen-bond acceptors (Lipinski definition) is 5. The van der Waals surface area contributed by atoms with Crippen LogP contribution in [0.4, 0.5) is 0 Å². The summed E-state index contributed by atoms with van der Waals surface area (Å²) in [6, 6.07) is -1.27. The number of amides is 1. The molecule has 0 aliphatic carbocycles. The molecule has 3 atom stereocenters. The van der Waals surface area contributed by atoms with Gasteiger partial charge in [0.05, 0.1) is 17.9 Å². The Morgan fingerprint density at radius 3 is 1.49 bits per heavy atom. The van der Waals surface area contributed by atoms with Gasteiger partial charge in [-0.3, -0.25) is 9.35 Å². The van der Waals surface area contributed by atoms with Gasteiger partial charge in [0.25, 0.3) is 10.1 Å². The predicted molar refractivity (Wildman–Crippen MR) is 190 cm³/mol. The summed E-state index contributed by atoms with van der Waals surface area (Å²) in [5.74, 6) is -1.62. The first kappa shape index (κ1) is 43.3. The molecule has 0 saturated heterocycles. The summed E-state index contributed by atoms with van der Waals surface area (Å²) < 4.78 is 32.3. The monoisotopic (exact) mass is 653 g/mol. The summed E-state index contributed by atoms with van der Waals surface area (Å²) in [6.07, 6.45) is 37.7. The maximum absolute atomic E-state index is 12.4. The van der Waals surface area contributed by atoms with Crippen LogP contribution in [0.25, 0.3) is 0 Å². The minimum absolute atomic E-state index is 0.184. The molecule has 0 aromatic rings. The Morgan fingerprint density at radius 2 is 1.00 bits per heavy atom. The molecule has 0 fully saturated rings. The molecule has 0 heterocycles. The molecule has 0 aliphatic heterocycles. The lowest BCUT2D eigenvalue weighted by atomic mass is 10.1. The number of carbonyl (C=O) groups is 1. The van der Waals surface area contributed by atoms with Crippen molar-refractivity contribution in [1.82, 2.24) is 5.32 Å². The van der Waals surface area contributed by atoms with E-state index in [4.69, 9.17) is 0 Å². The highest BCUT2D eigenvalue weighted by atomic mass is 32.2. The van der Waals surface area contributed by atoms with Crippen LogP contribution in [0.5, 0.6) is 0 Å². The second-order valence-electron chi connectivity index (χ2n) is 12.3. The van der Waals surface area contributed by atoms with E-state index >= 15 is 0 Å². The highest BCUT2D eigenvalue weighted by molar-refractivity contribution is 7.85. The minimum Gasteiger partial charge on any atom is -0.387 e. The van der Waals surface area contributed by atoms with Gasteiger partial charge in [0.2, 0.25) is 5.91 Å². The van der Waals surface area contributed by atoms with Gasteiger partial charge in [0.15, 0.2) is 0 Å². The molecule has 3 unspecified atom stereocenters. The van der Waals surface area contributed by atoms with Gasteiger partial charge in [-0.25, -0.2) is 0 Å². The maximum Gasteiger partial charge on any atom is 0.267 e. The minimum atomic E-state index is -4.46. The number of carbonyl (C=O) groups excluding carboxylic acids is 1. The van der Waals surface area contributed by atoms with Crippen LogP contribution < -0.4 is 5.32 Å². The molecular weight excluding hydrogens is 586 g/mol. The van der Waals surface area contributed by atoms with Crippen molar-refractivity contribution >= 4 is 16.0 Å². The Kier molecular flexibility index (Phi) is 29.7. The smallest absolute Gasteiger partial charge is 0.267 e. The lowest BCUT2D eigenvalue weighted by Gasteiger charge is -2.22. The van der Waals surface area contributed by atoms with Crippen molar-refractivity contribution in [3.63, 3.8) is 0 Å². The largest absolute Gasteiger partial charge is 0.387 e. The van der Waals surface area contributed by atoms with E-state index in [0.717, 1.165) is 38.5 Å². The van der Waals surface area contributed by atoms with Gasteiger partial charge in [-0.2, -0.15) is 8.42 Å². The SMILES string of the molecule is CCCCCC/C=C\CCC(O)C(=O)NC(CS(=O)(=O)O)C(O)/C=C/CC/C=C/CC/C=C/CCCCCCCCCCCC. The molecule has 8 heteroatoms. The fourth-order valence-corrected chi connectivity index (χ4v) is 5.75. The van der Waals surface area contributed by atoms with Gasteiger partial charge < -0.3 is 15.5 Å². The summed E-state index contributed by atoms with van der Waals surface area (Å²) >= 11 is 0. The van der Waals surface area contributed by atoms with Crippen molar-refractivity contribution in [2.45, 2.75) is 173 Å². The predicted octanol–water partition coefficient (Wildman–Crippen LogP) is 8.93. The average molecular weight is 654 g/mol. The molecule has 0 bridgehead atoms. The summed E-state index contributed by atoms with van der Waals surface area (Å²) in [7, 11) is -4.46. The second kappa shape index (κ2) is 30.9. The number of nitrogens with one attached hydrogen (secondary N) is 1. The number of hydrogen-bond donors (Lipinski definition) is 4. The van der Waals surface area contributed by atoms with Crippen molar-refractivity contribution in [3.8, 4) is 0 Å². The van der Waals surface area contributed by atoms with Crippen LogP contribution in [0, 0.1) is 0 Å². The molecule has 4 N–H and O–H groups in total. The van der Waals surface area contributed by atoms with Crippen LogP contribution in [-0.2, 0) is 14.9 Å². The van der Waals surface area contributed by atoms with E-state index in [2.05, 4.69) is 43.5 Å². The van der Waals surface area contributed by atoms with Crippen LogP contribution in [0.1, 0.15) is 155 Å². The van der Waals surface area contributed by atoms with E-state index < -0.39 is 40.0 Å². The van der Waals surface area contributed by atoms with Gasteiger partial charge in [-0.1, -0.05) is 140 Å². The second-order valence-corrected chi connectivity index (χ2v) is 13.8. The Bertz CT molecular complexity index is 912. The van der Waals surface area contributed by atoms with Gasteiger partial charge in [-0.05, 0) is 64.2 Å². The highest BCUT2D eigenvalue weighted by Crippen LogP contribution is 2.12. The fourth-order valence-electron chi connectivity index (χ4n) is 5.02. The van der Waals surface area contributed by atoms with Crippen LogP contribution in [-0.4, -0.2) is 53.1 Å². The van der Waals surface area contributed by atoms with Gasteiger partial charge >= 0.3 is 0 Å². The first-order valence-electron chi connectivity index (χ1n) is 17.9. The lowest BCUT2D eigenvalue weighted by Crippen LogP contribution is -2.50. The van der Waals surface area contributed by atoms with Crippen LogP contribution in [0.3, 0.4) is 0 Å². The highest BCUT2D eigenvalue weighted by Gasteiger charge is 2.27. The fraction of sp³-hybridized carbons (Fsp3) is 0.757. The average Bonchev–Trinajstić information content (AvgIpc) is 3.00. The van der Waals surface area contributed by atoms with E-state index in [1.807, 2.05) is 12.2 Å². The lowest BCUT2D eigenvalue weighted by molar-refractivity contribution is -0.130. The molecule has 0 aromatic carbocycles. The molecule has 45 heavy (non-hydrogen) atoms. The number of rotatable bonds is 31. The zero-order chi connectivity index (χ0) is 33.4. The molecule has 0 rings (SSSR count). The maximum atomic E-state index is 12.4. The molecular formula is C37H67NO6S. The Balaban J connectivity index is 4.19. The Morgan fingerprint density at radius 1 is 0.600 bits per heavy atom. The Labute approximate surface area is 276 Å². The van der Waals surface area contributed by atoms with E-state index in [9.17, 15) is 28.0 Å². The zero-order valence-corrected chi connectivity index (χ0v) is 29.4. The molecule has 0 aliphatic rings. The quantitative estimate of drug-likeness (QED) is 0.0336. The van der Waals surface area contributed by atoms with Crippen LogP contribution >= 0.6 is 0 Å². The van der Waals surface area contributed by atoms with Crippen molar-refractivity contribution in [1.29, 1.82) is 0 Å². The van der Waals surface area contributed by atoms with Crippen molar-refractivity contribution < 1.29 is 28.0 Å². The molecule has 0 spiro atoms. The van der Waals surface area contributed by atoms with Crippen LogP contribution in [0.15, 0.2) is 48.6 Å². The molecule has 0 saturated carbocycles. The van der Waals surface area contributed by atoms with Crippen molar-refractivity contribution in [2.75, 3.05) is 5.75 Å². The summed E-state index contributed by atoms with van der Waals surface area (Å²) in [4.78, 5) is 12.4. The summed E-state index contributed by atoms with van der Waals surface area (Å²) in [6.45, 7) is 4.42. The number of aliphatic hydroxyl groups is 2. The van der Waals surface area contributed by atoms with E-state index in [-0.39, 0.29) is 6.42 Å². The van der Waals surface area contributed by atoms with Gasteiger partial charge in [-0.15, -0.1) is 0 Å². The van der Waals surface area contributed by atoms with E-state index in [1.165, 1.54) is 89.5 Å². The zero-order valence-electron chi connectivity index (χ0n) is 28.6. The number of allylic oxidation sites excluding steroid dienone is 7. The summed E-state index contributed by atoms with van der Waals surface area (Å²) in [5, 5.41) is 23.1. The standard InChI is InChI=1S/C37H67NO6S/c1-3-5-7-9-11-13-14-15-16-17-18-19-20-21-22-23-24-26-27-29-31-35(39)34(33-45(42,43)44)38-37(41)36(40)32-30-28-25-12-10-8-6-4-2/h19-20,23-25,28-29,31,34-36,39-40H,3-18,21-22,26-27,30,32-33H2,1-2H3,(H,38,41)(H,42,43,44)/b20-19+,24-23+,28-25-,31-29+. The first-order chi connectivity index (χ1) is 21.7. The molecule has 7 nitrogen and oxygen atoms in total.